The van der Waals surface area contributed by atoms with E-state index in [2.05, 4.69) is 35.5 Å². The molecule has 5 nitrogen and oxygen atoms in total. The zero-order chi connectivity index (χ0) is 19.6. The molecule has 0 radical (unpaired) electrons. The lowest BCUT2D eigenvalue weighted by molar-refractivity contribution is -0.131. The molecule has 0 atom stereocenters. The quantitative estimate of drug-likeness (QED) is 0.302. The van der Waals surface area contributed by atoms with Gasteiger partial charge in [0.2, 0.25) is 0 Å². The van der Waals surface area contributed by atoms with Gasteiger partial charge in [0, 0.05) is 36.8 Å². The van der Waals surface area contributed by atoms with Crippen LogP contribution in [0.2, 0.25) is 0 Å². The second-order valence-electron chi connectivity index (χ2n) is 7.01. The number of ether oxygens (including phenoxy) is 1. The van der Waals surface area contributed by atoms with E-state index in [1.807, 2.05) is 19.1 Å². The van der Waals surface area contributed by atoms with Crippen molar-refractivity contribution in [1.29, 1.82) is 0 Å². The van der Waals surface area contributed by atoms with Crippen molar-refractivity contribution < 1.29 is 9.53 Å². The van der Waals surface area contributed by atoms with Gasteiger partial charge in [-0.25, -0.2) is 4.98 Å². The molecule has 1 aromatic carbocycles. The Morgan fingerprint density at radius 1 is 1.00 bits per heavy atom. The second-order valence-corrected chi connectivity index (χ2v) is 7.01. The molecular weight excluding hydrogens is 338 g/mol. The number of benzene rings is 1. The van der Waals surface area contributed by atoms with Crippen molar-refractivity contribution in [3.8, 4) is 5.75 Å². The van der Waals surface area contributed by atoms with Crippen molar-refractivity contribution in [2.24, 2.45) is 0 Å². The standard InChI is InChI=1S/C22H33N3O2/c1-5-7-9-13-23-19-15-20(24-14-10-8-6-2)22(27-17(4)26)21-18(19)12-11-16(3)25-21/h11-12,15,23-24H,5-10,13-14H2,1-4H3. The monoisotopic (exact) mass is 371 g/mol. The molecular formula is C22H33N3O2. The molecule has 1 heterocycles. The Bertz CT molecular complexity index is 759. The summed E-state index contributed by atoms with van der Waals surface area (Å²) in [6, 6.07) is 6.09. The SMILES string of the molecule is CCCCCNc1cc(NCCCCC)c2ccc(C)nc2c1OC(C)=O. The van der Waals surface area contributed by atoms with Gasteiger partial charge in [0.05, 0.1) is 5.69 Å². The number of anilines is 2. The molecule has 1 aromatic heterocycles. The van der Waals surface area contributed by atoms with Crippen molar-refractivity contribution in [2.75, 3.05) is 23.7 Å². The molecule has 0 aliphatic rings. The second kappa shape index (κ2) is 10.8. The number of unbranched alkanes of at least 4 members (excludes halogenated alkanes) is 4. The predicted octanol–water partition coefficient (Wildman–Crippen LogP) is 5.67. The summed E-state index contributed by atoms with van der Waals surface area (Å²) in [5, 5.41) is 7.97. The zero-order valence-corrected chi connectivity index (χ0v) is 17.2. The van der Waals surface area contributed by atoms with Crippen molar-refractivity contribution in [3.63, 3.8) is 0 Å². The smallest absolute Gasteiger partial charge is 0.308 e. The van der Waals surface area contributed by atoms with E-state index >= 15 is 0 Å². The van der Waals surface area contributed by atoms with Crippen LogP contribution in [0.15, 0.2) is 18.2 Å². The molecule has 0 saturated heterocycles. The number of aromatic nitrogens is 1. The van der Waals surface area contributed by atoms with E-state index in [1.165, 1.54) is 32.6 Å². The number of esters is 1. The van der Waals surface area contributed by atoms with Crippen LogP contribution < -0.4 is 15.4 Å². The van der Waals surface area contributed by atoms with Gasteiger partial charge in [-0.15, -0.1) is 0 Å². The molecule has 0 aliphatic carbocycles. The summed E-state index contributed by atoms with van der Waals surface area (Å²) in [6.07, 6.45) is 6.94. The topological polar surface area (TPSA) is 63.3 Å². The Kier molecular flexibility index (Phi) is 8.37. The van der Waals surface area contributed by atoms with E-state index in [-0.39, 0.29) is 5.97 Å². The Hall–Kier alpha value is -2.30. The van der Waals surface area contributed by atoms with Crippen LogP contribution in [0.25, 0.3) is 10.9 Å². The summed E-state index contributed by atoms with van der Waals surface area (Å²) < 4.78 is 5.58. The lowest BCUT2D eigenvalue weighted by Crippen LogP contribution is -2.10. The van der Waals surface area contributed by atoms with Gasteiger partial charge in [0.1, 0.15) is 5.52 Å². The third-order valence-corrected chi connectivity index (χ3v) is 4.51. The van der Waals surface area contributed by atoms with E-state index in [1.54, 1.807) is 0 Å². The van der Waals surface area contributed by atoms with E-state index in [9.17, 15) is 4.79 Å². The first kappa shape index (κ1) is 21.0. The van der Waals surface area contributed by atoms with Gasteiger partial charge in [0.25, 0.3) is 0 Å². The van der Waals surface area contributed by atoms with Crippen molar-refractivity contribution in [1.82, 2.24) is 4.98 Å². The Labute approximate surface area is 162 Å². The first-order valence-electron chi connectivity index (χ1n) is 10.2. The largest absolute Gasteiger partial charge is 0.422 e. The van der Waals surface area contributed by atoms with Crippen LogP contribution >= 0.6 is 0 Å². The molecule has 2 N–H and O–H groups in total. The zero-order valence-electron chi connectivity index (χ0n) is 17.2. The van der Waals surface area contributed by atoms with Crippen LogP contribution in [0, 0.1) is 6.92 Å². The van der Waals surface area contributed by atoms with Gasteiger partial charge < -0.3 is 15.4 Å². The summed E-state index contributed by atoms with van der Waals surface area (Å²) in [5.41, 5.74) is 3.48. The molecule has 2 rings (SSSR count). The Morgan fingerprint density at radius 3 is 2.22 bits per heavy atom. The molecule has 0 fully saturated rings. The van der Waals surface area contributed by atoms with Crippen molar-refractivity contribution in [3.05, 3.63) is 23.9 Å². The van der Waals surface area contributed by atoms with Gasteiger partial charge in [0.15, 0.2) is 5.75 Å². The number of carbonyl (C=O) groups is 1. The fourth-order valence-electron chi connectivity index (χ4n) is 3.08. The number of hydrogen-bond donors (Lipinski definition) is 2. The summed E-state index contributed by atoms with van der Waals surface area (Å²) in [4.78, 5) is 16.4. The fourth-order valence-corrected chi connectivity index (χ4v) is 3.08. The Morgan fingerprint density at radius 2 is 1.63 bits per heavy atom. The molecule has 0 bridgehead atoms. The average Bonchev–Trinajstić information content (AvgIpc) is 2.64. The molecule has 0 unspecified atom stereocenters. The lowest BCUT2D eigenvalue weighted by Gasteiger charge is -2.18. The number of aryl methyl sites for hydroxylation is 1. The molecule has 5 heteroatoms. The normalized spacial score (nSPS) is 10.8. The minimum atomic E-state index is -0.333. The highest BCUT2D eigenvalue weighted by atomic mass is 16.5. The Balaban J connectivity index is 2.42. The number of nitrogens with one attached hydrogen (secondary N) is 2. The fraction of sp³-hybridized carbons (Fsp3) is 0.545. The first-order chi connectivity index (χ1) is 13.1. The van der Waals surface area contributed by atoms with E-state index in [4.69, 9.17) is 4.74 Å². The van der Waals surface area contributed by atoms with Gasteiger partial charge in [-0.05, 0) is 38.0 Å². The van der Waals surface area contributed by atoms with Gasteiger partial charge in [-0.1, -0.05) is 39.5 Å². The summed E-state index contributed by atoms with van der Waals surface area (Å²) in [7, 11) is 0. The van der Waals surface area contributed by atoms with Crippen LogP contribution in [0.4, 0.5) is 11.4 Å². The van der Waals surface area contributed by atoms with E-state index < -0.39 is 0 Å². The lowest BCUT2D eigenvalue weighted by atomic mass is 10.1. The van der Waals surface area contributed by atoms with Gasteiger partial charge in [-0.3, -0.25) is 4.79 Å². The minimum Gasteiger partial charge on any atom is -0.422 e. The number of carbonyl (C=O) groups excluding carboxylic acids is 1. The predicted molar refractivity (Wildman–Crippen MR) is 114 cm³/mol. The highest BCUT2D eigenvalue weighted by Crippen LogP contribution is 2.38. The van der Waals surface area contributed by atoms with Gasteiger partial charge in [-0.2, -0.15) is 0 Å². The van der Waals surface area contributed by atoms with Crippen LogP contribution in [0.1, 0.15) is 65.0 Å². The molecule has 0 aliphatic heterocycles. The molecule has 2 aromatic rings. The third-order valence-electron chi connectivity index (χ3n) is 4.51. The highest BCUT2D eigenvalue weighted by molar-refractivity contribution is 6.01. The number of fused-ring (bicyclic) bond motifs is 1. The third kappa shape index (κ3) is 6.12. The van der Waals surface area contributed by atoms with Crippen LogP contribution in [0.5, 0.6) is 5.75 Å². The highest BCUT2D eigenvalue weighted by Gasteiger charge is 2.16. The van der Waals surface area contributed by atoms with Crippen LogP contribution in [0.3, 0.4) is 0 Å². The minimum absolute atomic E-state index is 0.333. The first-order valence-corrected chi connectivity index (χ1v) is 10.2. The number of hydrogen-bond acceptors (Lipinski definition) is 5. The molecule has 27 heavy (non-hydrogen) atoms. The average molecular weight is 372 g/mol. The van der Waals surface area contributed by atoms with Crippen molar-refractivity contribution in [2.45, 2.75) is 66.2 Å². The van der Waals surface area contributed by atoms with E-state index in [0.717, 1.165) is 53.9 Å². The number of rotatable bonds is 11. The van der Waals surface area contributed by atoms with Gasteiger partial charge >= 0.3 is 5.97 Å². The molecule has 0 spiro atoms. The summed E-state index contributed by atoms with van der Waals surface area (Å²) in [6.45, 7) is 9.53. The molecule has 0 amide bonds. The summed E-state index contributed by atoms with van der Waals surface area (Å²) in [5.74, 6) is 0.191. The molecule has 0 saturated carbocycles. The van der Waals surface area contributed by atoms with Crippen LogP contribution in [-0.4, -0.2) is 24.0 Å². The van der Waals surface area contributed by atoms with E-state index in [0.29, 0.717) is 5.75 Å². The van der Waals surface area contributed by atoms with Crippen LogP contribution in [-0.2, 0) is 4.79 Å². The molecule has 148 valence electrons. The maximum Gasteiger partial charge on any atom is 0.308 e. The van der Waals surface area contributed by atoms with Crippen molar-refractivity contribution >= 4 is 28.2 Å². The maximum atomic E-state index is 11.7. The maximum absolute atomic E-state index is 11.7. The summed E-state index contributed by atoms with van der Waals surface area (Å²) >= 11 is 0. The number of pyridine rings is 1. The number of nitrogens with zero attached hydrogens (tertiary/aromatic N) is 1.